The summed E-state index contributed by atoms with van der Waals surface area (Å²) in [6.45, 7) is 8.91. The standard InChI is InChI=1S/C12H18FN/c1-4-8-11(12(13)5-2)9-7-10-14-6-3/h4-5,7-9,14H,1,6,10H2,2-3H3/b9-7+,11-8-,12-5+. The summed E-state index contributed by atoms with van der Waals surface area (Å²) in [7, 11) is 0. The summed E-state index contributed by atoms with van der Waals surface area (Å²) in [6.07, 6.45) is 8.31. The van der Waals surface area contributed by atoms with E-state index < -0.39 is 0 Å². The minimum Gasteiger partial charge on any atom is -0.314 e. The van der Waals surface area contributed by atoms with Crippen LogP contribution in [0, 0.1) is 0 Å². The minimum absolute atomic E-state index is 0.224. The summed E-state index contributed by atoms with van der Waals surface area (Å²) in [5.41, 5.74) is 0.556. The third-order valence-electron chi connectivity index (χ3n) is 1.64. The first-order chi connectivity index (χ1) is 6.76. The first kappa shape index (κ1) is 12.8. The highest BCUT2D eigenvalue weighted by molar-refractivity contribution is 5.37. The van der Waals surface area contributed by atoms with Gasteiger partial charge in [-0.1, -0.05) is 43.9 Å². The molecule has 1 nitrogen and oxygen atoms in total. The predicted molar refractivity (Wildman–Crippen MR) is 60.8 cm³/mol. The molecule has 0 atom stereocenters. The van der Waals surface area contributed by atoms with Crippen LogP contribution in [0.15, 0.2) is 48.4 Å². The Kier molecular flexibility index (Phi) is 7.75. The van der Waals surface area contributed by atoms with E-state index in [-0.39, 0.29) is 5.83 Å². The Hall–Kier alpha value is -1.15. The lowest BCUT2D eigenvalue weighted by molar-refractivity contribution is 0.654. The van der Waals surface area contributed by atoms with Gasteiger partial charge in [0, 0.05) is 12.1 Å². The van der Waals surface area contributed by atoms with Gasteiger partial charge in [-0.05, 0) is 13.5 Å². The van der Waals surface area contributed by atoms with Crippen molar-refractivity contribution in [3.05, 3.63) is 48.4 Å². The van der Waals surface area contributed by atoms with Gasteiger partial charge in [0.25, 0.3) is 0 Å². The number of hydrogen-bond donors (Lipinski definition) is 1. The molecule has 0 fully saturated rings. The molecule has 0 aliphatic carbocycles. The largest absolute Gasteiger partial charge is 0.314 e. The van der Waals surface area contributed by atoms with Crippen LogP contribution in [0.1, 0.15) is 13.8 Å². The molecule has 0 aromatic carbocycles. The molecule has 0 amide bonds. The fraction of sp³-hybridized carbons (Fsp3) is 0.333. The van der Waals surface area contributed by atoms with Gasteiger partial charge in [0.2, 0.25) is 0 Å². The lowest BCUT2D eigenvalue weighted by Gasteiger charge is -1.97. The molecule has 14 heavy (non-hydrogen) atoms. The average Bonchev–Trinajstić information content (AvgIpc) is 2.21. The van der Waals surface area contributed by atoms with Gasteiger partial charge in [-0.3, -0.25) is 0 Å². The first-order valence-electron chi connectivity index (χ1n) is 4.78. The molecule has 78 valence electrons. The Labute approximate surface area is 85.7 Å². The highest BCUT2D eigenvalue weighted by Crippen LogP contribution is 2.12. The second-order valence-electron chi connectivity index (χ2n) is 2.70. The summed E-state index contributed by atoms with van der Waals surface area (Å²) < 4.78 is 13.2. The van der Waals surface area contributed by atoms with Gasteiger partial charge < -0.3 is 5.32 Å². The highest BCUT2D eigenvalue weighted by atomic mass is 19.1. The second-order valence-corrected chi connectivity index (χ2v) is 2.70. The van der Waals surface area contributed by atoms with Crippen molar-refractivity contribution in [1.29, 1.82) is 0 Å². The highest BCUT2D eigenvalue weighted by Gasteiger charge is 1.96. The van der Waals surface area contributed by atoms with Crippen LogP contribution < -0.4 is 5.32 Å². The van der Waals surface area contributed by atoms with E-state index in [9.17, 15) is 4.39 Å². The molecular weight excluding hydrogens is 177 g/mol. The van der Waals surface area contributed by atoms with Crippen molar-refractivity contribution in [3.8, 4) is 0 Å². The van der Waals surface area contributed by atoms with E-state index in [1.54, 1.807) is 25.2 Å². The summed E-state index contributed by atoms with van der Waals surface area (Å²) in [5.74, 6) is -0.224. The molecule has 0 saturated carbocycles. The van der Waals surface area contributed by atoms with E-state index in [0.29, 0.717) is 5.57 Å². The van der Waals surface area contributed by atoms with Gasteiger partial charge >= 0.3 is 0 Å². The van der Waals surface area contributed by atoms with Gasteiger partial charge in [-0.2, -0.15) is 0 Å². The van der Waals surface area contributed by atoms with Crippen molar-refractivity contribution in [1.82, 2.24) is 5.32 Å². The minimum atomic E-state index is -0.224. The van der Waals surface area contributed by atoms with Gasteiger partial charge in [0.05, 0.1) is 0 Å². The Morgan fingerprint density at radius 1 is 1.50 bits per heavy atom. The van der Waals surface area contributed by atoms with E-state index in [4.69, 9.17) is 0 Å². The number of rotatable bonds is 6. The number of allylic oxidation sites excluding steroid dienone is 6. The number of halogens is 1. The zero-order valence-electron chi connectivity index (χ0n) is 8.89. The van der Waals surface area contributed by atoms with Gasteiger partial charge in [0.15, 0.2) is 0 Å². The molecule has 0 rings (SSSR count). The van der Waals surface area contributed by atoms with Crippen molar-refractivity contribution >= 4 is 0 Å². The average molecular weight is 195 g/mol. The number of hydrogen-bond acceptors (Lipinski definition) is 1. The lowest BCUT2D eigenvalue weighted by Crippen LogP contribution is -2.11. The molecule has 0 aliphatic heterocycles. The van der Waals surface area contributed by atoms with Crippen molar-refractivity contribution in [2.24, 2.45) is 0 Å². The molecule has 2 heteroatoms. The maximum absolute atomic E-state index is 13.2. The molecule has 0 saturated heterocycles. The van der Waals surface area contributed by atoms with Crippen LogP contribution in [-0.4, -0.2) is 13.1 Å². The Morgan fingerprint density at radius 2 is 2.21 bits per heavy atom. The van der Waals surface area contributed by atoms with E-state index in [1.807, 2.05) is 13.0 Å². The van der Waals surface area contributed by atoms with E-state index in [2.05, 4.69) is 11.9 Å². The monoisotopic (exact) mass is 195 g/mol. The summed E-state index contributed by atoms with van der Waals surface area (Å²) in [5, 5.41) is 3.12. The maximum Gasteiger partial charge on any atom is 0.126 e. The predicted octanol–water partition coefficient (Wildman–Crippen LogP) is 3.14. The van der Waals surface area contributed by atoms with Crippen LogP contribution in [0.4, 0.5) is 4.39 Å². The molecule has 0 aromatic rings. The SMILES string of the molecule is C=C/C=C(/C=C/CNCC)C(\F)=C/C. The molecule has 1 N–H and O–H groups in total. The molecular formula is C12H18FN. The Morgan fingerprint density at radius 3 is 2.71 bits per heavy atom. The van der Waals surface area contributed by atoms with Crippen LogP contribution in [0.25, 0.3) is 0 Å². The molecule has 0 unspecified atom stereocenters. The van der Waals surface area contributed by atoms with E-state index in [0.717, 1.165) is 13.1 Å². The second kappa shape index (κ2) is 8.45. The molecule has 0 radical (unpaired) electrons. The molecule has 0 aliphatic rings. The molecule has 0 bridgehead atoms. The zero-order chi connectivity index (χ0) is 10.8. The lowest BCUT2D eigenvalue weighted by atomic mass is 10.2. The van der Waals surface area contributed by atoms with Crippen LogP contribution in [0.3, 0.4) is 0 Å². The fourth-order valence-corrected chi connectivity index (χ4v) is 0.922. The van der Waals surface area contributed by atoms with Gasteiger partial charge in [0.1, 0.15) is 5.83 Å². The van der Waals surface area contributed by atoms with Crippen molar-refractivity contribution in [2.45, 2.75) is 13.8 Å². The zero-order valence-corrected chi connectivity index (χ0v) is 8.89. The first-order valence-corrected chi connectivity index (χ1v) is 4.78. The Bertz CT molecular complexity index is 249. The van der Waals surface area contributed by atoms with Crippen LogP contribution in [-0.2, 0) is 0 Å². The summed E-state index contributed by atoms with van der Waals surface area (Å²) >= 11 is 0. The maximum atomic E-state index is 13.2. The van der Waals surface area contributed by atoms with E-state index in [1.165, 1.54) is 6.08 Å². The smallest absolute Gasteiger partial charge is 0.126 e. The Balaban J connectivity index is 4.32. The van der Waals surface area contributed by atoms with Gasteiger partial charge in [-0.25, -0.2) is 4.39 Å². The van der Waals surface area contributed by atoms with Gasteiger partial charge in [-0.15, -0.1) is 0 Å². The van der Waals surface area contributed by atoms with Crippen molar-refractivity contribution < 1.29 is 4.39 Å². The van der Waals surface area contributed by atoms with Crippen LogP contribution in [0.2, 0.25) is 0 Å². The van der Waals surface area contributed by atoms with Crippen LogP contribution in [0.5, 0.6) is 0 Å². The van der Waals surface area contributed by atoms with Crippen molar-refractivity contribution in [3.63, 3.8) is 0 Å². The topological polar surface area (TPSA) is 12.0 Å². The molecule has 0 spiro atoms. The fourth-order valence-electron chi connectivity index (χ4n) is 0.922. The molecule has 0 heterocycles. The summed E-state index contributed by atoms with van der Waals surface area (Å²) in [6, 6.07) is 0. The summed E-state index contributed by atoms with van der Waals surface area (Å²) in [4.78, 5) is 0. The van der Waals surface area contributed by atoms with E-state index >= 15 is 0 Å². The van der Waals surface area contributed by atoms with Crippen molar-refractivity contribution in [2.75, 3.05) is 13.1 Å². The number of likely N-dealkylation sites (N-methyl/N-ethyl adjacent to an activating group) is 1. The number of nitrogens with one attached hydrogen (secondary N) is 1. The molecule has 0 aromatic heterocycles. The van der Waals surface area contributed by atoms with Crippen LogP contribution >= 0.6 is 0 Å². The normalized spacial score (nSPS) is 13.6. The third-order valence-corrected chi connectivity index (χ3v) is 1.64. The quantitative estimate of drug-likeness (QED) is 0.507. The third kappa shape index (κ3) is 5.49.